The number of nitrogens with one attached hydrogen (secondary N) is 1. The van der Waals surface area contributed by atoms with Gasteiger partial charge in [0.05, 0.1) is 0 Å². The molecule has 1 N–H and O–H groups in total. The van der Waals surface area contributed by atoms with Crippen LogP contribution in [0.2, 0.25) is 5.02 Å². The van der Waals surface area contributed by atoms with Gasteiger partial charge >= 0.3 is 0 Å². The topological polar surface area (TPSA) is 29.1 Å². The van der Waals surface area contributed by atoms with E-state index in [9.17, 15) is 4.79 Å². The van der Waals surface area contributed by atoms with Crippen LogP contribution in [-0.2, 0) is 11.2 Å². The molecule has 0 aliphatic rings. The summed E-state index contributed by atoms with van der Waals surface area (Å²) in [5.74, 6) is -0.241. The summed E-state index contributed by atoms with van der Waals surface area (Å²) in [6.07, 6.45) is 0.818. The highest BCUT2D eigenvalue weighted by molar-refractivity contribution is 6.31. The Hall–Kier alpha value is -0.730. The number of anilines is 1. The Balaban J connectivity index is 2.90. The molecular weight excluding hydrogens is 221 g/mol. The summed E-state index contributed by atoms with van der Waals surface area (Å²) in [6, 6.07) is 5.36. The summed E-state index contributed by atoms with van der Waals surface area (Å²) < 4.78 is 0. The number of aryl methyl sites for hydroxylation is 1. The monoisotopic (exact) mass is 231 g/mol. The standard InChI is InChI=1S/C10H11Cl2NO/c1-2-7-5-8(12)3-4-9(7)13-10(14)6-11/h3-5H,2,6H2,1H3,(H,13,14). The smallest absolute Gasteiger partial charge is 0.239 e. The van der Waals surface area contributed by atoms with E-state index < -0.39 is 0 Å². The van der Waals surface area contributed by atoms with Crippen LogP contribution < -0.4 is 5.32 Å². The zero-order valence-corrected chi connectivity index (χ0v) is 9.32. The van der Waals surface area contributed by atoms with Gasteiger partial charge < -0.3 is 5.32 Å². The van der Waals surface area contributed by atoms with Crippen LogP contribution in [0.4, 0.5) is 5.69 Å². The van der Waals surface area contributed by atoms with Crippen LogP contribution in [-0.4, -0.2) is 11.8 Å². The molecule has 4 heteroatoms. The fourth-order valence-electron chi connectivity index (χ4n) is 1.16. The predicted octanol–water partition coefficient (Wildman–Crippen LogP) is 3.08. The second-order valence-electron chi connectivity index (χ2n) is 2.84. The Morgan fingerprint density at radius 2 is 2.21 bits per heavy atom. The van der Waals surface area contributed by atoms with Gasteiger partial charge in [-0.3, -0.25) is 4.79 Å². The van der Waals surface area contributed by atoms with Gasteiger partial charge in [0.15, 0.2) is 0 Å². The fourth-order valence-corrected chi connectivity index (χ4v) is 1.42. The average molecular weight is 232 g/mol. The number of amides is 1. The molecule has 0 saturated carbocycles. The third-order valence-corrected chi connectivity index (χ3v) is 2.32. The molecular formula is C10H11Cl2NO. The van der Waals surface area contributed by atoms with Crippen LogP contribution in [0.25, 0.3) is 0 Å². The molecule has 1 rings (SSSR count). The minimum atomic E-state index is -0.205. The fraction of sp³-hybridized carbons (Fsp3) is 0.300. The number of halogens is 2. The van der Waals surface area contributed by atoms with Crippen LogP contribution >= 0.6 is 23.2 Å². The number of benzene rings is 1. The Kier molecular flexibility index (Phi) is 4.23. The molecule has 1 aromatic rings. The van der Waals surface area contributed by atoms with Crippen molar-refractivity contribution >= 4 is 34.8 Å². The van der Waals surface area contributed by atoms with Gasteiger partial charge in [0, 0.05) is 10.7 Å². The first-order valence-electron chi connectivity index (χ1n) is 4.31. The van der Waals surface area contributed by atoms with Gasteiger partial charge in [0.1, 0.15) is 5.88 Å². The van der Waals surface area contributed by atoms with Crippen LogP contribution in [0, 0.1) is 0 Å². The first-order chi connectivity index (χ1) is 6.67. The Labute approximate surface area is 93.2 Å². The maximum Gasteiger partial charge on any atom is 0.239 e. The third-order valence-electron chi connectivity index (χ3n) is 1.84. The minimum absolute atomic E-state index is 0.0359. The number of hydrogen-bond acceptors (Lipinski definition) is 1. The summed E-state index contributed by atoms with van der Waals surface area (Å²) in [5.41, 5.74) is 1.79. The van der Waals surface area contributed by atoms with E-state index in [1.54, 1.807) is 12.1 Å². The SMILES string of the molecule is CCc1cc(Cl)ccc1NC(=O)CCl. The molecule has 0 aliphatic carbocycles. The molecule has 1 amide bonds. The van der Waals surface area contributed by atoms with Crippen molar-refractivity contribution in [3.8, 4) is 0 Å². The zero-order chi connectivity index (χ0) is 10.6. The highest BCUT2D eigenvalue weighted by Gasteiger charge is 2.04. The lowest BCUT2D eigenvalue weighted by Gasteiger charge is -2.08. The number of carbonyl (C=O) groups is 1. The Morgan fingerprint density at radius 1 is 1.50 bits per heavy atom. The van der Waals surface area contributed by atoms with Gasteiger partial charge in [-0.25, -0.2) is 0 Å². The van der Waals surface area contributed by atoms with Crippen molar-refractivity contribution in [2.45, 2.75) is 13.3 Å². The minimum Gasteiger partial charge on any atom is -0.325 e. The lowest BCUT2D eigenvalue weighted by atomic mass is 10.1. The van der Waals surface area contributed by atoms with Gasteiger partial charge in [-0.2, -0.15) is 0 Å². The molecule has 0 atom stereocenters. The molecule has 0 bridgehead atoms. The van der Waals surface area contributed by atoms with Crippen molar-refractivity contribution in [1.82, 2.24) is 0 Å². The quantitative estimate of drug-likeness (QED) is 0.797. The highest BCUT2D eigenvalue weighted by Crippen LogP contribution is 2.21. The normalized spacial score (nSPS) is 9.93. The van der Waals surface area contributed by atoms with E-state index >= 15 is 0 Å². The average Bonchev–Trinajstić information content (AvgIpc) is 2.20. The lowest BCUT2D eigenvalue weighted by Crippen LogP contribution is -2.13. The summed E-state index contributed by atoms with van der Waals surface area (Å²) in [5, 5.41) is 3.38. The molecule has 14 heavy (non-hydrogen) atoms. The van der Waals surface area contributed by atoms with E-state index in [2.05, 4.69) is 5.32 Å². The molecule has 2 nitrogen and oxygen atoms in total. The van der Waals surface area contributed by atoms with Crippen LogP contribution in [0.1, 0.15) is 12.5 Å². The number of alkyl halides is 1. The van der Waals surface area contributed by atoms with Crippen molar-refractivity contribution in [3.05, 3.63) is 28.8 Å². The van der Waals surface area contributed by atoms with Crippen molar-refractivity contribution in [2.24, 2.45) is 0 Å². The summed E-state index contributed by atoms with van der Waals surface area (Å²) in [4.78, 5) is 11.1. The Morgan fingerprint density at radius 3 is 2.79 bits per heavy atom. The number of hydrogen-bond donors (Lipinski definition) is 1. The maximum absolute atomic E-state index is 11.1. The summed E-state index contributed by atoms with van der Waals surface area (Å²) in [6.45, 7) is 2.00. The van der Waals surface area contributed by atoms with Gasteiger partial charge in [-0.05, 0) is 30.2 Å². The molecule has 1 aromatic carbocycles. The molecule has 76 valence electrons. The molecule has 0 fully saturated rings. The van der Waals surface area contributed by atoms with Gasteiger partial charge in [-0.15, -0.1) is 11.6 Å². The van der Waals surface area contributed by atoms with Crippen LogP contribution in [0.5, 0.6) is 0 Å². The highest BCUT2D eigenvalue weighted by atomic mass is 35.5. The molecule has 0 radical (unpaired) electrons. The van der Waals surface area contributed by atoms with E-state index in [1.165, 1.54) is 0 Å². The van der Waals surface area contributed by atoms with Crippen molar-refractivity contribution in [2.75, 3.05) is 11.2 Å². The first kappa shape index (κ1) is 11.3. The molecule has 0 unspecified atom stereocenters. The number of rotatable bonds is 3. The van der Waals surface area contributed by atoms with E-state index in [0.29, 0.717) is 5.02 Å². The van der Waals surface area contributed by atoms with E-state index in [0.717, 1.165) is 17.7 Å². The van der Waals surface area contributed by atoms with Crippen LogP contribution in [0.15, 0.2) is 18.2 Å². The van der Waals surface area contributed by atoms with E-state index in [-0.39, 0.29) is 11.8 Å². The van der Waals surface area contributed by atoms with E-state index in [1.807, 2.05) is 13.0 Å². The lowest BCUT2D eigenvalue weighted by molar-refractivity contribution is -0.113. The van der Waals surface area contributed by atoms with Crippen molar-refractivity contribution < 1.29 is 4.79 Å². The van der Waals surface area contributed by atoms with Gasteiger partial charge in [-0.1, -0.05) is 18.5 Å². The third kappa shape index (κ3) is 2.89. The Bertz CT molecular complexity index is 339. The van der Waals surface area contributed by atoms with Gasteiger partial charge in [0.25, 0.3) is 0 Å². The van der Waals surface area contributed by atoms with Crippen LogP contribution in [0.3, 0.4) is 0 Å². The molecule has 0 aromatic heterocycles. The first-order valence-corrected chi connectivity index (χ1v) is 5.23. The predicted molar refractivity (Wildman–Crippen MR) is 60.2 cm³/mol. The maximum atomic E-state index is 11.1. The largest absolute Gasteiger partial charge is 0.325 e. The van der Waals surface area contributed by atoms with Gasteiger partial charge in [0.2, 0.25) is 5.91 Å². The summed E-state index contributed by atoms with van der Waals surface area (Å²) in [7, 11) is 0. The molecule has 0 saturated heterocycles. The van der Waals surface area contributed by atoms with Crippen molar-refractivity contribution in [1.29, 1.82) is 0 Å². The zero-order valence-electron chi connectivity index (χ0n) is 7.81. The second kappa shape index (κ2) is 5.23. The second-order valence-corrected chi connectivity index (χ2v) is 3.54. The summed E-state index contributed by atoms with van der Waals surface area (Å²) >= 11 is 11.2. The molecule has 0 spiro atoms. The molecule has 0 aliphatic heterocycles. The van der Waals surface area contributed by atoms with Crippen molar-refractivity contribution in [3.63, 3.8) is 0 Å². The van der Waals surface area contributed by atoms with E-state index in [4.69, 9.17) is 23.2 Å². The number of carbonyl (C=O) groups excluding carboxylic acids is 1. The molecule has 0 heterocycles.